The van der Waals surface area contributed by atoms with E-state index in [2.05, 4.69) is 10.2 Å². The van der Waals surface area contributed by atoms with Crippen LogP contribution in [0, 0.1) is 0 Å². The summed E-state index contributed by atoms with van der Waals surface area (Å²) in [4.78, 5) is 17.0. The second kappa shape index (κ2) is 7.51. The SMILES string of the molecule is CC(Oc1cccc(Cl)c1)C(=O)N1CCN(C2CCNC2)CC1. The van der Waals surface area contributed by atoms with E-state index in [1.807, 2.05) is 17.0 Å². The van der Waals surface area contributed by atoms with Gasteiger partial charge in [-0.05, 0) is 38.1 Å². The summed E-state index contributed by atoms with van der Waals surface area (Å²) >= 11 is 5.95. The number of ether oxygens (including phenoxy) is 1. The number of hydrogen-bond donors (Lipinski definition) is 1. The van der Waals surface area contributed by atoms with Gasteiger partial charge < -0.3 is 15.0 Å². The molecule has 2 unspecified atom stereocenters. The van der Waals surface area contributed by atoms with Crippen LogP contribution in [0.25, 0.3) is 0 Å². The molecule has 0 radical (unpaired) electrons. The Morgan fingerprint density at radius 2 is 2.13 bits per heavy atom. The predicted molar refractivity (Wildman–Crippen MR) is 91.0 cm³/mol. The van der Waals surface area contributed by atoms with Crippen molar-refractivity contribution in [1.82, 2.24) is 15.1 Å². The maximum atomic E-state index is 12.6. The molecule has 3 rings (SSSR count). The number of hydrogen-bond acceptors (Lipinski definition) is 4. The van der Waals surface area contributed by atoms with Crippen molar-refractivity contribution in [3.05, 3.63) is 29.3 Å². The number of carbonyl (C=O) groups is 1. The first kappa shape index (κ1) is 16.6. The van der Waals surface area contributed by atoms with Crippen LogP contribution in [0.15, 0.2) is 24.3 Å². The molecule has 0 bridgehead atoms. The Kier molecular flexibility index (Phi) is 5.41. The van der Waals surface area contributed by atoms with Crippen LogP contribution >= 0.6 is 11.6 Å². The molecule has 1 N–H and O–H groups in total. The first-order valence-corrected chi connectivity index (χ1v) is 8.67. The quantitative estimate of drug-likeness (QED) is 0.906. The van der Waals surface area contributed by atoms with Gasteiger partial charge >= 0.3 is 0 Å². The van der Waals surface area contributed by atoms with E-state index in [4.69, 9.17) is 16.3 Å². The summed E-state index contributed by atoms with van der Waals surface area (Å²) in [5.74, 6) is 0.684. The summed E-state index contributed by atoms with van der Waals surface area (Å²) in [7, 11) is 0. The zero-order chi connectivity index (χ0) is 16.2. The second-order valence-corrected chi connectivity index (χ2v) is 6.66. The van der Waals surface area contributed by atoms with Gasteiger partial charge in [-0.3, -0.25) is 9.69 Å². The van der Waals surface area contributed by atoms with Gasteiger partial charge in [-0.25, -0.2) is 0 Å². The molecule has 0 aromatic heterocycles. The highest BCUT2D eigenvalue weighted by molar-refractivity contribution is 6.30. The summed E-state index contributed by atoms with van der Waals surface area (Å²) < 4.78 is 5.74. The minimum absolute atomic E-state index is 0.0502. The fraction of sp³-hybridized carbons (Fsp3) is 0.588. The summed E-state index contributed by atoms with van der Waals surface area (Å²) in [6, 6.07) is 7.80. The van der Waals surface area contributed by atoms with Gasteiger partial charge in [0, 0.05) is 43.8 Å². The maximum Gasteiger partial charge on any atom is 0.263 e. The van der Waals surface area contributed by atoms with Gasteiger partial charge in [0.1, 0.15) is 5.75 Å². The molecule has 5 nitrogen and oxygen atoms in total. The molecule has 0 saturated carbocycles. The van der Waals surface area contributed by atoms with Crippen molar-refractivity contribution >= 4 is 17.5 Å². The van der Waals surface area contributed by atoms with Crippen LogP contribution in [-0.2, 0) is 4.79 Å². The summed E-state index contributed by atoms with van der Waals surface area (Å²) in [5.41, 5.74) is 0. The minimum atomic E-state index is -0.492. The molecule has 2 aliphatic rings. The highest BCUT2D eigenvalue weighted by Crippen LogP contribution is 2.19. The van der Waals surface area contributed by atoms with Crippen molar-refractivity contribution in [1.29, 1.82) is 0 Å². The van der Waals surface area contributed by atoms with Gasteiger partial charge in [-0.2, -0.15) is 0 Å². The van der Waals surface area contributed by atoms with Crippen LogP contribution in [0.4, 0.5) is 0 Å². The fourth-order valence-electron chi connectivity index (χ4n) is 3.31. The van der Waals surface area contributed by atoms with Crippen LogP contribution in [0.5, 0.6) is 5.75 Å². The molecule has 23 heavy (non-hydrogen) atoms. The lowest BCUT2D eigenvalue weighted by molar-refractivity contribution is -0.140. The number of rotatable bonds is 4. The number of nitrogens with one attached hydrogen (secondary N) is 1. The van der Waals surface area contributed by atoms with Crippen molar-refractivity contribution in [2.24, 2.45) is 0 Å². The Morgan fingerprint density at radius 3 is 2.78 bits per heavy atom. The lowest BCUT2D eigenvalue weighted by atomic mass is 10.2. The van der Waals surface area contributed by atoms with Crippen molar-refractivity contribution < 1.29 is 9.53 Å². The number of carbonyl (C=O) groups excluding carboxylic acids is 1. The topological polar surface area (TPSA) is 44.8 Å². The van der Waals surface area contributed by atoms with Gasteiger partial charge in [0.25, 0.3) is 5.91 Å². The van der Waals surface area contributed by atoms with Crippen LogP contribution in [0.3, 0.4) is 0 Å². The maximum absolute atomic E-state index is 12.6. The Bertz CT molecular complexity index is 540. The standard InChI is InChI=1S/C17H24ClN3O2/c1-13(23-16-4-2-3-14(18)11-16)17(22)21-9-7-20(8-10-21)15-5-6-19-12-15/h2-4,11,13,15,19H,5-10,12H2,1H3. The average Bonchev–Trinajstić information content (AvgIpc) is 3.09. The van der Waals surface area contributed by atoms with E-state index in [-0.39, 0.29) is 5.91 Å². The molecule has 2 saturated heterocycles. The lowest BCUT2D eigenvalue weighted by Gasteiger charge is -2.38. The molecule has 6 heteroatoms. The fourth-order valence-corrected chi connectivity index (χ4v) is 3.49. The number of benzene rings is 1. The van der Waals surface area contributed by atoms with E-state index in [0.717, 1.165) is 39.3 Å². The minimum Gasteiger partial charge on any atom is -0.481 e. The third-order valence-electron chi connectivity index (χ3n) is 4.63. The van der Waals surface area contributed by atoms with Crippen LogP contribution < -0.4 is 10.1 Å². The summed E-state index contributed by atoms with van der Waals surface area (Å²) in [5, 5.41) is 4.01. The van der Waals surface area contributed by atoms with E-state index in [9.17, 15) is 4.79 Å². The zero-order valence-electron chi connectivity index (χ0n) is 13.5. The van der Waals surface area contributed by atoms with Crippen molar-refractivity contribution in [3.63, 3.8) is 0 Å². The molecular formula is C17H24ClN3O2. The number of nitrogens with zero attached hydrogens (tertiary/aromatic N) is 2. The Balaban J connectivity index is 1.50. The predicted octanol–water partition coefficient (Wildman–Crippen LogP) is 1.61. The number of halogens is 1. The molecule has 2 atom stereocenters. The van der Waals surface area contributed by atoms with E-state index < -0.39 is 6.10 Å². The molecule has 2 aliphatic heterocycles. The molecule has 0 spiro atoms. The monoisotopic (exact) mass is 337 g/mol. The average molecular weight is 338 g/mol. The molecule has 1 amide bonds. The summed E-state index contributed by atoms with van der Waals surface area (Å²) in [6.07, 6.45) is 0.718. The van der Waals surface area contributed by atoms with Crippen LogP contribution in [0.2, 0.25) is 5.02 Å². The molecule has 2 heterocycles. The second-order valence-electron chi connectivity index (χ2n) is 6.23. The Labute approximate surface area is 142 Å². The van der Waals surface area contributed by atoms with Crippen molar-refractivity contribution in [3.8, 4) is 5.75 Å². The van der Waals surface area contributed by atoms with Gasteiger partial charge in [0.2, 0.25) is 0 Å². The highest BCUT2D eigenvalue weighted by atomic mass is 35.5. The smallest absolute Gasteiger partial charge is 0.263 e. The summed E-state index contributed by atoms with van der Waals surface area (Å²) in [6.45, 7) is 7.42. The highest BCUT2D eigenvalue weighted by Gasteiger charge is 2.30. The third kappa shape index (κ3) is 4.16. The number of piperazine rings is 1. The van der Waals surface area contributed by atoms with Gasteiger partial charge in [-0.15, -0.1) is 0 Å². The molecule has 0 aliphatic carbocycles. The van der Waals surface area contributed by atoms with E-state index in [0.29, 0.717) is 16.8 Å². The molecule has 2 fully saturated rings. The Morgan fingerprint density at radius 1 is 1.35 bits per heavy atom. The van der Waals surface area contributed by atoms with E-state index in [1.54, 1.807) is 19.1 Å². The van der Waals surface area contributed by atoms with Gasteiger partial charge in [0.15, 0.2) is 6.10 Å². The van der Waals surface area contributed by atoms with E-state index in [1.165, 1.54) is 6.42 Å². The first-order valence-electron chi connectivity index (χ1n) is 8.29. The molecular weight excluding hydrogens is 314 g/mol. The largest absolute Gasteiger partial charge is 0.481 e. The molecule has 1 aromatic carbocycles. The normalized spacial score (nSPS) is 23.7. The zero-order valence-corrected chi connectivity index (χ0v) is 14.3. The van der Waals surface area contributed by atoms with Gasteiger partial charge in [-0.1, -0.05) is 17.7 Å². The molecule has 126 valence electrons. The molecule has 1 aromatic rings. The lowest BCUT2D eigenvalue weighted by Crippen LogP contribution is -2.54. The Hall–Kier alpha value is -1.30. The van der Waals surface area contributed by atoms with Crippen LogP contribution in [-0.4, -0.2) is 67.1 Å². The van der Waals surface area contributed by atoms with Gasteiger partial charge in [0.05, 0.1) is 0 Å². The number of amides is 1. The first-order chi connectivity index (χ1) is 11.1. The third-order valence-corrected chi connectivity index (χ3v) is 4.87. The van der Waals surface area contributed by atoms with Crippen molar-refractivity contribution in [2.45, 2.75) is 25.5 Å². The van der Waals surface area contributed by atoms with Crippen LogP contribution in [0.1, 0.15) is 13.3 Å². The van der Waals surface area contributed by atoms with E-state index >= 15 is 0 Å². The van der Waals surface area contributed by atoms with Crippen molar-refractivity contribution in [2.75, 3.05) is 39.3 Å².